The summed E-state index contributed by atoms with van der Waals surface area (Å²) < 4.78 is 0. The Morgan fingerprint density at radius 2 is 0.133 bits per heavy atom. The molecule has 0 aromatic heterocycles. The van der Waals surface area contributed by atoms with Gasteiger partial charge < -0.3 is 89.1 Å². The molecule has 0 spiro atoms. The van der Waals surface area contributed by atoms with Crippen molar-refractivity contribution in [1.29, 1.82) is 0 Å². The van der Waals surface area contributed by atoms with Crippen LogP contribution < -0.4 is 0 Å². The van der Waals surface area contributed by atoms with Crippen LogP contribution in [0.4, 0.5) is 0 Å². The van der Waals surface area contributed by atoms with Crippen molar-refractivity contribution in [3.8, 4) is 0 Å². The molecule has 0 saturated heterocycles. The Hall–Kier alpha value is 1.91. The summed E-state index contributed by atoms with van der Waals surface area (Å²) in [6, 6.07) is 0. The summed E-state index contributed by atoms with van der Waals surface area (Å²) in [6.07, 6.45) is 0. The first kappa shape index (κ1) is 1170. The van der Waals surface area contributed by atoms with Crippen LogP contribution in [-0.4, -0.2) is 0 Å². The van der Waals surface area contributed by atoms with Gasteiger partial charge in [-0.05, 0) is 0 Å². The number of hydrogen-bond donors (Lipinski definition) is 0. The van der Waals surface area contributed by atoms with Crippen LogP contribution >= 0.6 is 0 Å². The third kappa shape index (κ3) is 844. The monoisotopic (exact) mass is 756 g/mol. The Labute approximate surface area is 147 Å². The fourth-order valence-corrected chi connectivity index (χ4v) is 0. The summed E-state index contributed by atoms with van der Waals surface area (Å²) in [5.74, 6) is 0. The molecule has 0 fully saturated rings. The fraction of sp³-hybridized carbons (Fsp3) is 0. The summed E-state index contributed by atoms with van der Waals surface area (Å²) in [7, 11) is 0. The average molecular weight is 751 g/mol. The van der Waals surface area contributed by atoms with Gasteiger partial charge in [-0.3, -0.25) is 0 Å². The molecule has 0 aromatic carbocycles. The Bertz CT molecular complexity index is 10.8. The molecule has 15 heavy (non-hydrogen) atoms. The zero-order valence-electron chi connectivity index (χ0n) is 13.1. The first-order chi connectivity index (χ1) is 0. The van der Waals surface area contributed by atoms with Gasteiger partial charge in [0, 0.05) is 0 Å². The molecule has 0 radical (unpaired) electrons. The Morgan fingerprint density at radius 1 is 0.133 bits per heavy atom. The fourth-order valence-electron chi connectivity index (χ4n) is 0. The van der Waals surface area contributed by atoms with Crippen molar-refractivity contribution in [2.45, 2.75) is 0 Å². The van der Waals surface area contributed by atoms with Crippen molar-refractivity contribution in [2.75, 3.05) is 0 Å². The minimum Gasteiger partial charge on any atom is -0.358 e. The molecule has 0 aliphatic carbocycles. The standard InChI is InChI=1S/12CH3.3Os/h12*1H3;;;/q12*-1;3*+4. The molecule has 0 amide bonds. The molecule has 0 aliphatic heterocycles. The van der Waals surface area contributed by atoms with Crippen molar-refractivity contribution >= 4 is 0 Å². The van der Waals surface area contributed by atoms with Crippen molar-refractivity contribution in [1.82, 2.24) is 0 Å². The van der Waals surface area contributed by atoms with Gasteiger partial charge in [-0.2, -0.15) is 0 Å². The molecule has 0 aliphatic rings. The summed E-state index contributed by atoms with van der Waals surface area (Å²) in [5.41, 5.74) is 0. The second kappa shape index (κ2) is 970. The second-order valence-corrected chi connectivity index (χ2v) is 0. The number of rotatable bonds is 0. The van der Waals surface area contributed by atoms with Crippen LogP contribution in [0.15, 0.2) is 0 Å². The SMILES string of the molecule is [CH3-].[CH3-].[CH3-].[CH3-].[CH3-].[CH3-].[CH3-].[CH3-].[CH3-].[CH3-].[CH3-].[CH3-].[Os+4].[Os+4].[Os+4]. The Kier molecular flexibility index (Phi) is 76000. The minimum atomic E-state index is 0. The van der Waals surface area contributed by atoms with Crippen LogP contribution in [0.1, 0.15) is 0 Å². The first-order valence-corrected chi connectivity index (χ1v) is 0. The topological polar surface area (TPSA) is 0 Å². The van der Waals surface area contributed by atoms with Crippen LogP contribution in [-0.2, 0) is 59.4 Å². The Balaban J connectivity index is 0. The van der Waals surface area contributed by atoms with Crippen LogP contribution in [0.2, 0.25) is 0 Å². The summed E-state index contributed by atoms with van der Waals surface area (Å²) in [5, 5.41) is 0. The predicted octanol–water partition coefficient (Wildman–Crippen LogP) is 5.40. The molecule has 0 atom stereocenters. The maximum Gasteiger partial charge on any atom is 4.00 e. The second-order valence-electron chi connectivity index (χ2n) is 0. The van der Waals surface area contributed by atoms with Gasteiger partial charge in [0.05, 0.1) is 0 Å². The first-order valence-electron chi connectivity index (χ1n) is 0. The van der Waals surface area contributed by atoms with Crippen LogP contribution in [0.3, 0.4) is 0 Å². The molecule has 0 nitrogen and oxygen atoms in total. The van der Waals surface area contributed by atoms with Crippen molar-refractivity contribution < 1.29 is 59.4 Å². The van der Waals surface area contributed by atoms with E-state index >= 15 is 0 Å². The van der Waals surface area contributed by atoms with Gasteiger partial charge in [0.1, 0.15) is 0 Å². The zero-order chi connectivity index (χ0) is 0. The zero-order valence-corrected chi connectivity index (χ0v) is 20.7. The molecule has 0 N–H and O–H groups in total. The molecule has 3 heteroatoms. The smallest absolute Gasteiger partial charge is 0.358 e. The van der Waals surface area contributed by atoms with Crippen molar-refractivity contribution in [2.24, 2.45) is 0 Å². The van der Waals surface area contributed by atoms with Crippen molar-refractivity contribution in [3.05, 3.63) is 89.1 Å². The predicted molar refractivity (Wildman–Crippen MR) is 77.0 cm³/mol. The maximum absolute atomic E-state index is 0. The molecule has 0 rings (SSSR count). The van der Waals surface area contributed by atoms with E-state index in [2.05, 4.69) is 0 Å². The van der Waals surface area contributed by atoms with Crippen LogP contribution in [0, 0.1) is 89.1 Å². The van der Waals surface area contributed by atoms with E-state index in [1.165, 1.54) is 0 Å². The molecular weight excluding hydrogens is 715 g/mol. The maximum atomic E-state index is 0. The van der Waals surface area contributed by atoms with Gasteiger partial charge in [0.15, 0.2) is 0 Å². The van der Waals surface area contributed by atoms with Gasteiger partial charge in [-0.1, -0.05) is 0 Å². The molecular formula is C12H36Os3. The molecule has 0 aromatic rings. The van der Waals surface area contributed by atoms with E-state index < -0.39 is 0 Å². The minimum absolute atomic E-state index is 0. The van der Waals surface area contributed by atoms with E-state index in [4.69, 9.17) is 0 Å². The van der Waals surface area contributed by atoms with Gasteiger partial charge in [0.2, 0.25) is 0 Å². The Morgan fingerprint density at radius 3 is 0.133 bits per heavy atom. The van der Waals surface area contributed by atoms with Gasteiger partial charge in [0.25, 0.3) is 0 Å². The van der Waals surface area contributed by atoms with E-state index in [0.29, 0.717) is 0 Å². The van der Waals surface area contributed by atoms with Gasteiger partial charge in [-0.25, -0.2) is 0 Å². The molecule has 0 unspecified atom stereocenters. The van der Waals surface area contributed by atoms with E-state index in [-0.39, 0.29) is 148 Å². The van der Waals surface area contributed by atoms with Crippen LogP contribution in [0.5, 0.6) is 0 Å². The third-order valence-electron chi connectivity index (χ3n) is 0. The summed E-state index contributed by atoms with van der Waals surface area (Å²) >= 11 is 0. The van der Waals surface area contributed by atoms with Crippen molar-refractivity contribution in [3.63, 3.8) is 0 Å². The van der Waals surface area contributed by atoms with E-state index in [1.54, 1.807) is 0 Å². The molecule has 108 valence electrons. The quantitative estimate of drug-likeness (QED) is 0.292. The van der Waals surface area contributed by atoms with Gasteiger partial charge in [-0.15, -0.1) is 0 Å². The normalized spacial score (nSPS) is 0. The summed E-state index contributed by atoms with van der Waals surface area (Å²) in [6.45, 7) is 0. The van der Waals surface area contributed by atoms with E-state index in [1.807, 2.05) is 0 Å². The van der Waals surface area contributed by atoms with E-state index in [9.17, 15) is 0 Å². The third-order valence-corrected chi connectivity index (χ3v) is 0. The largest absolute Gasteiger partial charge is 4.00 e. The summed E-state index contributed by atoms with van der Waals surface area (Å²) in [4.78, 5) is 0. The molecule has 0 heterocycles. The van der Waals surface area contributed by atoms with Crippen LogP contribution in [0.25, 0.3) is 0 Å². The molecule has 0 bridgehead atoms. The van der Waals surface area contributed by atoms with E-state index in [0.717, 1.165) is 0 Å². The average Bonchev–Trinajstić information content (AvgIpc) is 0. The van der Waals surface area contributed by atoms with Gasteiger partial charge >= 0.3 is 59.4 Å². The molecule has 0 saturated carbocycles. The number of hydrogen-bond acceptors (Lipinski definition) is 0.